The van der Waals surface area contributed by atoms with Gasteiger partial charge in [0.05, 0.1) is 11.4 Å². The van der Waals surface area contributed by atoms with Crippen molar-refractivity contribution in [1.29, 1.82) is 0 Å². The van der Waals surface area contributed by atoms with Gasteiger partial charge >= 0.3 is 0 Å². The maximum Gasteiger partial charge on any atom is 0.263 e. The van der Waals surface area contributed by atoms with Crippen LogP contribution < -0.4 is 10.5 Å². The third kappa shape index (κ3) is 5.38. The highest BCUT2D eigenvalue weighted by atomic mass is 32.2. The van der Waals surface area contributed by atoms with E-state index in [2.05, 4.69) is 16.8 Å². The summed E-state index contributed by atoms with van der Waals surface area (Å²) >= 11 is 0. The number of nitrogens with two attached hydrogens (primary N) is 1. The Morgan fingerprint density at radius 3 is 2.51 bits per heavy atom. The van der Waals surface area contributed by atoms with Crippen LogP contribution in [0.5, 0.6) is 0 Å². The van der Waals surface area contributed by atoms with E-state index in [-0.39, 0.29) is 28.7 Å². The second kappa shape index (κ2) is 11.1. The number of anilines is 1. The molecule has 1 saturated carbocycles. The maximum atomic E-state index is 13.6. The van der Waals surface area contributed by atoms with E-state index >= 15 is 0 Å². The molecule has 0 atom stereocenters. The second-order valence-electron chi connectivity index (χ2n) is 10.8. The Kier molecular flexibility index (Phi) is 7.74. The number of nitrogens with one attached hydrogen (secondary N) is 1. The number of rotatable bonds is 10. The van der Waals surface area contributed by atoms with Gasteiger partial charge in [-0.1, -0.05) is 61.7 Å². The fourth-order valence-electron chi connectivity index (χ4n) is 5.63. The number of nitrogens with zero attached hydrogens (tertiary/aromatic N) is 3. The standard InChI is InChI=1S/C30H35N5O5S/c1-4-5-12-26-32-30(15-8-9-16-30)29(37)35(26)18-21-13-14-22(24(17-21)27(31)36)23-10-6-7-11-25(23)41(38,39)34-28-19(2)20(3)40-33-28/h6-7,10-11,13-14,17H,4-5,8-9,12,15-16,18H2,1-3H3,(H2,31,36)(H,33,34). The molecule has 1 aliphatic heterocycles. The molecule has 5 rings (SSSR count). The second-order valence-corrected chi connectivity index (χ2v) is 12.5. The minimum absolute atomic E-state index is 0.0201. The van der Waals surface area contributed by atoms with E-state index in [0.717, 1.165) is 44.4 Å². The molecule has 11 heteroatoms. The minimum Gasteiger partial charge on any atom is -0.366 e. The van der Waals surface area contributed by atoms with E-state index in [1.807, 2.05) is 0 Å². The van der Waals surface area contributed by atoms with Gasteiger partial charge < -0.3 is 10.3 Å². The van der Waals surface area contributed by atoms with Crippen LogP contribution in [0.25, 0.3) is 11.1 Å². The van der Waals surface area contributed by atoms with Crippen molar-refractivity contribution in [2.75, 3.05) is 4.72 Å². The highest BCUT2D eigenvalue weighted by molar-refractivity contribution is 7.92. The van der Waals surface area contributed by atoms with Crippen molar-refractivity contribution >= 4 is 33.5 Å². The quantitative estimate of drug-likeness (QED) is 0.342. The van der Waals surface area contributed by atoms with Crippen LogP contribution in [0.2, 0.25) is 0 Å². The molecule has 3 N–H and O–H groups in total. The molecule has 0 saturated heterocycles. The number of hydrogen-bond acceptors (Lipinski definition) is 7. The summed E-state index contributed by atoms with van der Waals surface area (Å²) in [5.74, 6) is 0.709. The van der Waals surface area contributed by atoms with Crippen LogP contribution in [-0.2, 0) is 21.4 Å². The third-order valence-electron chi connectivity index (χ3n) is 8.03. The van der Waals surface area contributed by atoms with Gasteiger partial charge in [0.25, 0.3) is 15.9 Å². The van der Waals surface area contributed by atoms with Crippen molar-refractivity contribution < 1.29 is 22.5 Å². The Labute approximate surface area is 240 Å². The molecule has 1 aromatic heterocycles. The van der Waals surface area contributed by atoms with Crippen LogP contribution in [0.1, 0.15) is 79.1 Å². The van der Waals surface area contributed by atoms with E-state index in [1.54, 1.807) is 55.1 Å². The van der Waals surface area contributed by atoms with Crippen molar-refractivity contribution in [2.24, 2.45) is 10.7 Å². The van der Waals surface area contributed by atoms with Gasteiger partial charge in [0, 0.05) is 23.1 Å². The predicted octanol–water partition coefficient (Wildman–Crippen LogP) is 5.10. The Bertz CT molecular complexity index is 1640. The molecule has 216 valence electrons. The van der Waals surface area contributed by atoms with E-state index in [9.17, 15) is 18.0 Å². The Morgan fingerprint density at radius 2 is 1.85 bits per heavy atom. The topological polar surface area (TPSA) is 148 Å². The molecule has 41 heavy (non-hydrogen) atoms. The van der Waals surface area contributed by atoms with Crippen LogP contribution in [0, 0.1) is 13.8 Å². The molecule has 0 radical (unpaired) electrons. The lowest BCUT2D eigenvalue weighted by Crippen LogP contribution is -2.40. The molecular weight excluding hydrogens is 542 g/mol. The predicted molar refractivity (Wildman–Crippen MR) is 156 cm³/mol. The lowest BCUT2D eigenvalue weighted by atomic mass is 9.96. The zero-order chi connectivity index (χ0) is 29.4. The summed E-state index contributed by atoms with van der Waals surface area (Å²) in [7, 11) is -4.10. The average molecular weight is 578 g/mol. The molecule has 1 spiro atoms. The van der Waals surface area contributed by atoms with E-state index in [1.165, 1.54) is 6.07 Å². The first-order chi connectivity index (χ1) is 19.6. The largest absolute Gasteiger partial charge is 0.366 e. The fourth-order valence-corrected chi connectivity index (χ4v) is 6.91. The number of aromatic nitrogens is 1. The molecule has 2 aromatic carbocycles. The summed E-state index contributed by atoms with van der Waals surface area (Å²) in [5, 5.41) is 3.81. The average Bonchev–Trinajstić information content (AvgIpc) is 3.63. The van der Waals surface area contributed by atoms with E-state index in [4.69, 9.17) is 15.2 Å². The van der Waals surface area contributed by atoms with Crippen molar-refractivity contribution in [3.8, 4) is 11.1 Å². The smallest absolute Gasteiger partial charge is 0.263 e. The SMILES string of the molecule is CCCCC1=NC2(CCCC2)C(=O)N1Cc1ccc(-c2ccccc2S(=O)(=O)Nc2noc(C)c2C)c(C(N)=O)c1. The number of hydrogen-bond donors (Lipinski definition) is 2. The minimum atomic E-state index is -4.10. The van der Waals surface area contributed by atoms with Crippen LogP contribution in [-0.4, -0.2) is 41.7 Å². The lowest BCUT2D eigenvalue weighted by molar-refractivity contribution is -0.131. The number of benzene rings is 2. The van der Waals surface area contributed by atoms with Gasteiger partial charge in [0.15, 0.2) is 5.82 Å². The summed E-state index contributed by atoms with van der Waals surface area (Å²) in [4.78, 5) is 32.9. The molecule has 2 amide bonds. The van der Waals surface area contributed by atoms with Gasteiger partial charge in [-0.2, -0.15) is 0 Å². The number of carbonyl (C=O) groups excluding carboxylic acids is 2. The monoisotopic (exact) mass is 577 g/mol. The van der Waals surface area contributed by atoms with Crippen molar-refractivity contribution in [3.05, 3.63) is 64.9 Å². The summed E-state index contributed by atoms with van der Waals surface area (Å²) < 4.78 is 34.5. The van der Waals surface area contributed by atoms with Gasteiger partial charge in [0.1, 0.15) is 17.1 Å². The van der Waals surface area contributed by atoms with Crippen LogP contribution in [0.15, 0.2) is 56.9 Å². The van der Waals surface area contributed by atoms with Crippen LogP contribution in [0.3, 0.4) is 0 Å². The number of carbonyl (C=O) groups is 2. The zero-order valence-electron chi connectivity index (χ0n) is 23.6. The number of unbranched alkanes of at least 4 members (excludes halogenated alkanes) is 1. The zero-order valence-corrected chi connectivity index (χ0v) is 24.4. The van der Waals surface area contributed by atoms with Gasteiger partial charge in [-0.15, -0.1) is 0 Å². The van der Waals surface area contributed by atoms with Gasteiger partial charge in [-0.25, -0.2) is 8.42 Å². The molecule has 0 unspecified atom stereocenters. The first-order valence-electron chi connectivity index (χ1n) is 13.9. The number of aryl methyl sites for hydroxylation is 1. The van der Waals surface area contributed by atoms with Crippen LogP contribution in [0.4, 0.5) is 5.82 Å². The molecule has 2 heterocycles. The summed E-state index contributed by atoms with van der Waals surface area (Å²) in [5.41, 5.74) is 7.29. The molecule has 3 aromatic rings. The maximum absolute atomic E-state index is 13.6. The number of aliphatic imine (C=N–C) groups is 1. The van der Waals surface area contributed by atoms with Crippen molar-refractivity contribution in [2.45, 2.75) is 82.7 Å². The molecular formula is C30H35N5O5S. The fraction of sp³-hybridized carbons (Fsp3) is 0.400. The van der Waals surface area contributed by atoms with Crippen LogP contribution >= 0.6 is 0 Å². The van der Waals surface area contributed by atoms with Crippen molar-refractivity contribution in [1.82, 2.24) is 10.1 Å². The first kappa shape index (κ1) is 28.5. The number of primary amides is 1. The van der Waals surface area contributed by atoms with Gasteiger partial charge in [0.2, 0.25) is 5.91 Å². The lowest BCUT2D eigenvalue weighted by Gasteiger charge is -2.23. The Hall–Kier alpha value is -3.99. The Morgan fingerprint density at radius 1 is 1.12 bits per heavy atom. The first-order valence-corrected chi connectivity index (χ1v) is 15.4. The molecule has 2 aliphatic rings. The number of amides is 2. The highest BCUT2D eigenvalue weighted by Crippen LogP contribution is 2.40. The summed E-state index contributed by atoms with van der Waals surface area (Å²) in [6.45, 7) is 5.76. The number of sulfonamides is 1. The van der Waals surface area contributed by atoms with E-state index in [0.29, 0.717) is 34.4 Å². The van der Waals surface area contributed by atoms with Gasteiger partial charge in [-0.05, 0) is 56.4 Å². The van der Waals surface area contributed by atoms with Crippen molar-refractivity contribution in [3.63, 3.8) is 0 Å². The summed E-state index contributed by atoms with van der Waals surface area (Å²) in [6, 6.07) is 11.5. The third-order valence-corrected chi connectivity index (χ3v) is 9.42. The normalized spacial score (nSPS) is 16.4. The van der Waals surface area contributed by atoms with E-state index < -0.39 is 21.5 Å². The molecule has 0 bridgehead atoms. The summed E-state index contributed by atoms with van der Waals surface area (Å²) in [6.07, 6.45) is 6.12. The molecule has 10 nitrogen and oxygen atoms in total. The van der Waals surface area contributed by atoms with Gasteiger partial charge in [-0.3, -0.25) is 24.2 Å². The number of amidine groups is 1. The Balaban J connectivity index is 1.49. The molecule has 1 fully saturated rings. The highest BCUT2D eigenvalue weighted by Gasteiger charge is 2.49. The molecule has 1 aliphatic carbocycles.